The van der Waals surface area contributed by atoms with E-state index in [2.05, 4.69) is 36.6 Å². The highest BCUT2D eigenvalue weighted by molar-refractivity contribution is 9.11. The molecular formula is C12H16Br2N2O3S. The minimum absolute atomic E-state index is 0.0960. The molecule has 3 N–H and O–H groups in total. The molecule has 0 heterocycles. The average Bonchev–Trinajstić information content (AvgIpc) is 2.73. The molecule has 0 spiro atoms. The molecule has 0 aliphatic heterocycles. The van der Waals surface area contributed by atoms with Crippen molar-refractivity contribution in [2.24, 2.45) is 0 Å². The van der Waals surface area contributed by atoms with Gasteiger partial charge in [-0.15, -0.1) is 0 Å². The van der Waals surface area contributed by atoms with Crippen molar-refractivity contribution in [1.82, 2.24) is 4.72 Å². The van der Waals surface area contributed by atoms with Crippen LogP contribution in [0.4, 0.5) is 5.69 Å². The molecule has 1 aliphatic rings. The third kappa shape index (κ3) is 3.54. The van der Waals surface area contributed by atoms with Gasteiger partial charge in [-0.25, -0.2) is 13.1 Å². The summed E-state index contributed by atoms with van der Waals surface area (Å²) in [6.45, 7) is 0. The fraction of sp³-hybridized carbons (Fsp3) is 0.500. The first kappa shape index (κ1) is 16.2. The molecule has 0 aromatic heterocycles. The summed E-state index contributed by atoms with van der Waals surface area (Å²) in [6, 6.07) is 3.05. The molecule has 1 aromatic rings. The summed E-state index contributed by atoms with van der Waals surface area (Å²) >= 11 is 6.51. The van der Waals surface area contributed by atoms with Crippen LogP contribution in [0, 0.1) is 0 Å². The number of halogens is 2. The maximum Gasteiger partial charge on any atom is 0.243 e. The van der Waals surface area contributed by atoms with Crippen LogP contribution in [0.1, 0.15) is 19.3 Å². The Balaban J connectivity index is 2.24. The van der Waals surface area contributed by atoms with E-state index >= 15 is 0 Å². The van der Waals surface area contributed by atoms with Gasteiger partial charge in [-0.1, -0.05) is 0 Å². The summed E-state index contributed by atoms with van der Waals surface area (Å²) in [6.07, 6.45) is 2.47. The molecule has 8 heteroatoms. The molecule has 2 rings (SSSR count). The highest BCUT2D eigenvalue weighted by atomic mass is 79.9. The van der Waals surface area contributed by atoms with Gasteiger partial charge in [0.2, 0.25) is 10.0 Å². The van der Waals surface area contributed by atoms with Gasteiger partial charge >= 0.3 is 0 Å². The zero-order valence-corrected chi connectivity index (χ0v) is 14.9. The third-order valence-electron chi connectivity index (χ3n) is 3.33. The van der Waals surface area contributed by atoms with E-state index < -0.39 is 10.0 Å². The number of benzene rings is 1. The zero-order chi connectivity index (χ0) is 14.9. The second-order valence-electron chi connectivity index (χ2n) is 4.80. The van der Waals surface area contributed by atoms with Gasteiger partial charge in [-0.3, -0.25) is 0 Å². The molecule has 0 radical (unpaired) electrons. The monoisotopic (exact) mass is 426 g/mol. The Labute approximate surface area is 135 Å². The van der Waals surface area contributed by atoms with Gasteiger partial charge < -0.3 is 10.5 Å². The summed E-state index contributed by atoms with van der Waals surface area (Å²) < 4.78 is 33.8. The summed E-state index contributed by atoms with van der Waals surface area (Å²) in [4.78, 5) is 0.174. The Kier molecular flexibility index (Phi) is 5.12. The predicted octanol–water partition coefficient (Wildman–Crippen LogP) is 2.64. The second-order valence-corrected chi connectivity index (χ2v) is 8.16. The van der Waals surface area contributed by atoms with Crippen LogP contribution in [0.5, 0.6) is 0 Å². The van der Waals surface area contributed by atoms with Crippen molar-refractivity contribution in [2.75, 3.05) is 12.8 Å². The molecular weight excluding hydrogens is 412 g/mol. The third-order valence-corrected chi connectivity index (χ3v) is 6.73. The molecule has 1 saturated carbocycles. The Bertz CT molecular complexity index is 584. The fourth-order valence-corrected chi connectivity index (χ4v) is 6.28. The van der Waals surface area contributed by atoms with Crippen LogP contribution in [0.25, 0.3) is 0 Å². The standard InChI is InChI=1S/C12H16Br2N2O3S/c1-19-9-3-2-8(6-9)16-20(17,18)12-10(13)4-7(15)5-11(12)14/h4-5,8-9,16H,2-3,6,15H2,1H3. The number of methoxy groups -OCH3 is 1. The van der Waals surface area contributed by atoms with Gasteiger partial charge in [0.1, 0.15) is 4.90 Å². The van der Waals surface area contributed by atoms with Gasteiger partial charge in [-0.05, 0) is 63.3 Å². The van der Waals surface area contributed by atoms with Gasteiger partial charge in [0.15, 0.2) is 0 Å². The van der Waals surface area contributed by atoms with Crippen LogP contribution in [0.15, 0.2) is 26.0 Å². The van der Waals surface area contributed by atoms with E-state index in [1.807, 2.05) is 0 Å². The highest BCUT2D eigenvalue weighted by Gasteiger charge is 2.30. The summed E-state index contributed by atoms with van der Waals surface area (Å²) in [5.74, 6) is 0. The largest absolute Gasteiger partial charge is 0.399 e. The number of hydrogen-bond acceptors (Lipinski definition) is 4. The molecule has 1 aromatic carbocycles. The summed E-state index contributed by atoms with van der Waals surface area (Å²) in [5, 5.41) is 0. The number of nitrogen functional groups attached to an aromatic ring is 1. The van der Waals surface area contributed by atoms with E-state index in [9.17, 15) is 8.42 Å². The van der Waals surface area contributed by atoms with Gasteiger partial charge in [0, 0.05) is 27.8 Å². The van der Waals surface area contributed by atoms with Crippen LogP contribution in [0.3, 0.4) is 0 Å². The lowest BCUT2D eigenvalue weighted by atomic mass is 10.3. The quantitative estimate of drug-likeness (QED) is 0.723. The van der Waals surface area contributed by atoms with Crippen LogP contribution in [0.2, 0.25) is 0 Å². The van der Waals surface area contributed by atoms with E-state index in [0.717, 1.165) is 12.8 Å². The van der Waals surface area contributed by atoms with Gasteiger partial charge in [-0.2, -0.15) is 0 Å². The molecule has 0 saturated heterocycles. The molecule has 2 atom stereocenters. The normalized spacial score (nSPS) is 23.1. The van der Waals surface area contributed by atoms with Crippen LogP contribution in [-0.2, 0) is 14.8 Å². The second kappa shape index (κ2) is 6.31. The Morgan fingerprint density at radius 3 is 2.40 bits per heavy atom. The minimum atomic E-state index is -3.61. The molecule has 2 unspecified atom stereocenters. The average molecular weight is 428 g/mol. The molecule has 0 amide bonds. The van der Waals surface area contributed by atoms with Crippen molar-refractivity contribution >= 4 is 47.6 Å². The van der Waals surface area contributed by atoms with Crippen LogP contribution < -0.4 is 10.5 Å². The topological polar surface area (TPSA) is 81.4 Å². The molecule has 1 fully saturated rings. The number of sulfonamides is 1. The Morgan fingerprint density at radius 2 is 1.90 bits per heavy atom. The number of anilines is 1. The Hall–Kier alpha value is -0.150. The van der Waals surface area contributed by atoms with Crippen LogP contribution >= 0.6 is 31.9 Å². The van der Waals surface area contributed by atoms with Crippen molar-refractivity contribution in [1.29, 1.82) is 0 Å². The zero-order valence-electron chi connectivity index (χ0n) is 10.9. The maximum absolute atomic E-state index is 12.5. The number of nitrogens with one attached hydrogen (secondary N) is 1. The van der Waals surface area contributed by atoms with E-state index in [4.69, 9.17) is 10.5 Å². The number of hydrogen-bond donors (Lipinski definition) is 2. The van der Waals surface area contributed by atoms with Gasteiger partial charge in [0.05, 0.1) is 6.10 Å². The number of rotatable bonds is 4. The molecule has 112 valence electrons. The smallest absolute Gasteiger partial charge is 0.243 e. The lowest BCUT2D eigenvalue weighted by Crippen LogP contribution is -2.33. The van der Waals surface area contributed by atoms with Crippen molar-refractivity contribution in [3.63, 3.8) is 0 Å². The van der Waals surface area contributed by atoms with E-state index in [1.165, 1.54) is 0 Å². The van der Waals surface area contributed by atoms with Gasteiger partial charge in [0.25, 0.3) is 0 Å². The van der Waals surface area contributed by atoms with Crippen LogP contribution in [-0.4, -0.2) is 27.7 Å². The maximum atomic E-state index is 12.5. The molecule has 5 nitrogen and oxygen atoms in total. The van der Waals surface area contributed by atoms with E-state index in [1.54, 1.807) is 19.2 Å². The van der Waals surface area contributed by atoms with Crippen molar-refractivity contribution in [3.05, 3.63) is 21.1 Å². The number of ether oxygens (including phenoxy) is 1. The van der Waals surface area contributed by atoms with E-state index in [0.29, 0.717) is 21.1 Å². The molecule has 20 heavy (non-hydrogen) atoms. The van der Waals surface area contributed by atoms with Crippen molar-refractivity contribution < 1.29 is 13.2 Å². The lowest BCUT2D eigenvalue weighted by molar-refractivity contribution is 0.107. The SMILES string of the molecule is COC1CCC(NS(=O)(=O)c2c(Br)cc(N)cc2Br)C1. The first-order valence-corrected chi connectivity index (χ1v) is 9.20. The van der Waals surface area contributed by atoms with E-state index in [-0.39, 0.29) is 17.0 Å². The first-order valence-electron chi connectivity index (χ1n) is 6.13. The number of nitrogens with two attached hydrogens (primary N) is 1. The summed E-state index contributed by atoms with van der Waals surface area (Å²) in [7, 11) is -1.96. The lowest BCUT2D eigenvalue weighted by Gasteiger charge is -2.15. The molecule has 1 aliphatic carbocycles. The Morgan fingerprint density at radius 1 is 1.30 bits per heavy atom. The molecule has 0 bridgehead atoms. The summed E-state index contributed by atoms with van der Waals surface area (Å²) in [5.41, 5.74) is 6.17. The predicted molar refractivity (Wildman–Crippen MR) is 85.0 cm³/mol. The first-order chi connectivity index (χ1) is 9.33. The highest BCUT2D eigenvalue weighted by Crippen LogP contribution is 2.33. The van der Waals surface area contributed by atoms with Crippen molar-refractivity contribution in [2.45, 2.75) is 36.3 Å². The van der Waals surface area contributed by atoms with Crippen molar-refractivity contribution in [3.8, 4) is 0 Å². The minimum Gasteiger partial charge on any atom is -0.399 e. The fourth-order valence-electron chi connectivity index (χ4n) is 2.38.